The summed E-state index contributed by atoms with van der Waals surface area (Å²) < 4.78 is 6.77. The van der Waals surface area contributed by atoms with Crippen molar-refractivity contribution >= 4 is 39.1 Å². The van der Waals surface area contributed by atoms with Crippen molar-refractivity contribution in [2.24, 2.45) is 5.41 Å². The SMILES string of the molecule is CNC1CC(Oc2cc(Cl)c(Br)cc2Cl)C1(C)C. The first-order valence-electron chi connectivity index (χ1n) is 5.84. The molecule has 0 spiro atoms. The number of benzene rings is 1. The van der Waals surface area contributed by atoms with Crippen molar-refractivity contribution in [3.8, 4) is 5.75 Å². The van der Waals surface area contributed by atoms with E-state index in [4.69, 9.17) is 27.9 Å². The Morgan fingerprint density at radius 2 is 2.00 bits per heavy atom. The minimum Gasteiger partial charge on any atom is -0.488 e. The van der Waals surface area contributed by atoms with E-state index in [0.29, 0.717) is 21.8 Å². The van der Waals surface area contributed by atoms with Gasteiger partial charge in [-0.2, -0.15) is 0 Å². The molecule has 2 unspecified atom stereocenters. The zero-order chi connectivity index (χ0) is 13.5. The Labute approximate surface area is 126 Å². The van der Waals surface area contributed by atoms with Crippen molar-refractivity contribution in [2.45, 2.75) is 32.4 Å². The van der Waals surface area contributed by atoms with Gasteiger partial charge in [-0.05, 0) is 29.0 Å². The molecule has 0 amide bonds. The molecular weight excluding hydrogens is 337 g/mol. The van der Waals surface area contributed by atoms with Gasteiger partial charge in [-0.15, -0.1) is 0 Å². The van der Waals surface area contributed by atoms with Gasteiger partial charge < -0.3 is 10.1 Å². The number of rotatable bonds is 3. The summed E-state index contributed by atoms with van der Waals surface area (Å²) in [6.45, 7) is 4.38. The van der Waals surface area contributed by atoms with Gasteiger partial charge >= 0.3 is 0 Å². The molecule has 0 heterocycles. The highest BCUT2D eigenvalue weighted by Gasteiger charge is 2.49. The monoisotopic (exact) mass is 351 g/mol. The molecule has 2 nitrogen and oxygen atoms in total. The van der Waals surface area contributed by atoms with Gasteiger partial charge in [0.2, 0.25) is 0 Å². The largest absolute Gasteiger partial charge is 0.488 e. The minimum atomic E-state index is 0.0949. The quantitative estimate of drug-likeness (QED) is 0.807. The van der Waals surface area contributed by atoms with Crippen molar-refractivity contribution in [2.75, 3.05) is 7.05 Å². The molecule has 2 rings (SSSR count). The number of nitrogens with one attached hydrogen (secondary N) is 1. The lowest BCUT2D eigenvalue weighted by atomic mass is 9.64. The van der Waals surface area contributed by atoms with Gasteiger partial charge in [0.15, 0.2) is 0 Å². The molecule has 1 fully saturated rings. The minimum absolute atomic E-state index is 0.0949. The fourth-order valence-electron chi connectivity index (χ4n) is 2.32. The van der Waals surface area contributed by atoms with Crippen molar-refractivity contribution in [3.63, 3.8) is 0 Å². The van der Waals surface area contributed by atoms with Crippen LogP contribution < -0.4 is 10.1 Å². The van der Waals surface area contributed by atoms with Gasteiger partial charge in [0.25, 0.3) is 0 Å². The molecule has 100 valence electrons. The van der Waals surface area contributed by atoms with Crippen LogP contribution >= 0.6 is 39.1 Å². The van der Waals surface area contributed by atoms with E-state index in [1.807, 2.05) is 7.05 Å². The predicted octanol–water partition coefficient (Wildman–Crippen LogP) is 4.52. The van der Waals surface area contributed by atoms with Gasteiger partial charge in [0.1, 0.15) is 11.9 Å². The van der Waals surface area contributed by atoms with E-state index in [1.165, 1.54) is 0 Å². The average molecular weight is 353 g/mol. The van der Waals surface area contributed by atoms with E-state index >= 15 is 0 Å². The molecule has 5 heteroatoms. The molecule has 2 atom stereocenters. The molecular formula is C13H16BrCl2NO. The maximum Gasteiger partial charge on any atom is 0.139 e. The Bertz CT molecular complexity index is 465. The number of ether oxygens (including phenoxy) is 1. The zero-order valence-corrected chi connectivity index (χ0v) is 13.7. The predicted molar refractivity (Wildman–Crippen MR) is 79.8 cm³/mol. The smallest absolute Gasteiger partial charge is 0.139 e. The van der Waals surface area contributed by atoms with Crippen molar-refractivity contribution < 1.29 is 4.74 Å². The zero-order valence-electron chi connectivity index (χ0n) is 10.6. The standard InChI is InChI=1S/C13H16BrCl2NO/c1-13(2)11(17-3)6-12(13)18-10-5-8(15)7(14)4-9(10)16/h4-5,11-12,17H,6H2,1-3H3. The number of halogens is 3. The second-order valence-electron chi connectivity index (χ2n) is 5.20. The van der Waals surface area contributed by atoms with Gasteiger partial charge in [-0.1, -0.05) is 37.0 Å². The maximum atomic E-state index is 6.16. The van der Waals surface area contributed by atoms with Gasteiger partial charge in [-0.25, -0.2) is 0 Å². The topological polar surface area (TPSA) is 21.3 Å². The Morgan fingerprint density at radius 1 is 1.33 bits per heavy atom. The first-order chi connectivity index (χ1) is 8.36. The van der Waals surface area contributed by atoms with Gasteiger partial charge in [0.05, 0.1) is 10.0 Å². The van der Waals surface area contributed by atoms with E-state index in [1.54, 1.807) is 12.1 Å². The highest BCUT2D eigenvalue weighted by molar-refractivity contribution is 9.10. The van der Waals surface area contributed by atoms with Crippen LogP contribution in [0.2, 0.25) is 10.0 Å². The molecule has 1 aromatic carbocycles. The van der Waals surface area contributed by atoms with E-state index in [-0.39, 0.29) is 11.5 Å². The number of hydrogen-bond acceptors (Lipinski definition) is 2. The lowest BCUT2D eigenvalue weighted by Gasteiger charge is -2.51. The normalized spacial score (nSPS) is 25.7. The fourth-order valence-corrected chi connectivity index (χ4v) is 3.16. The van der Waals surface area contributed by atoms with Gasteiger partial charge in [0, 0.05) is 28.4 Å². The molecule has 1 aliphatic carbocycles. The van der Waals surface area contributed by atoms with E-state index in [2.05, 4.69) is 35.1 Å². The number of hydrogen-bond donors (Lipinski definition) is 1. The Balaban J connectivity index is 2.14. The summed E-state index contributed by atoms with van der Waals surface area (Å²) in [6, 6.07) is 4.00. The fraction of sp³-hybridized carbons (Fsp3) is 0.538. The Hall–Kier alpha value is 0.0400. The lowest BCUT2D eigenvalue weighted by Crippen LogP contribution is -2.61. The molecule has 1 aromatic rings. The third kappa shape index (κ3) is 2.51. The lowest BCUT2D eigenvalue weighted by molar-refractivity contribution is -0.0520. The van der Waals surface area contributed by atoms with Crippen LogP contribution in [-0.2, 0) is 0 Å². The van der Waals surface area contributed by atoms with Crippen LogP contribution in [0.4, 0.5) is 0 Å². The second kappa shape index (κ2) is 5.20. The molecule has 1 N–H and O–H groups in total. The molecule has 0 radical (unpaired) electrons. The summed E-state index contributed by atoms with van der Waals surface area (Å²) in [4.78, 5) is 0. The molecule has 18 heavy (non-hydrogen) atoms. The summed E-state index contributed by atoms with van der Waals surface area (Å²) in [5, 5.41) is 4.48. The summed E-state index contributed by atoms with van der Waals surface area (Å²) in [5.41, 5.74) is 0.0949. The van der Waals surface area contributed by atoms with Crippen LogP contribution in [0.25, 0.3) is 0 Å². The highest BCUT2D eigenvalue weighted by atomic mass is 79.9. The van der Waals surface area contributed by atoms with E-state index < -0.39 is 0 Å². The third-order valence-corrected chi connectivity index (χ3v) is 5.26. The first kappa shape index (κ1) is 14.4. The molecule has 0 aromatic heterocycles. The van der Waals surface area contributed by atoms with Crippen molar-refractivity contribution in [1.29, 1.82) is 0 Å². The summed E-state index contributed by atoms with van der Waals surface area (Å²) in [5.74, 6) is 0.650. The molecule has 0 aliphatic heterocycles. The molecule has 0 bridgehead atoms. The average Bonchev–Trinajstić information content (AvgIpc) is 2.30. The van der Waals surface area contributed by atoms with Crippen LogP contribution in [0.1, 0.15) is 20.3 Å². The second-order valence-corrected chi connectivity index (χ2v) is 6.87. The molecule has 0 saturated heterocycles. The third-order valence-electron chi connectivity index (χ3n) is 3.77. The van der Waals surface area contributed by atoms with Gasteiger partial charge in [-0.3, -0.25) is 0 Å². The first-order valence-corrected chi connectivity index (χ1v) is 7.39. The molecule has 1 saturated carbocycles. The van der Waals surface area contributed by atoms with Crippen molar-refractivity contribution in [1.82, 2.24) is 5.32 Å². The van der Waals surface area contributed by atoms with Crippen LogP contribution in [0, 0.1) is 5.41 Å². The Morgan fingerprint density at radius 3 is 2.56 bits per heavy atom. The van der Waals surface area contributed by atoms with Crippen molar-refractivity contribution in [3.05, 3.63) is 26.7 Å². The Kier molecular flexibility index (Phi) is 4.17. The van der Waals surface area contributed by atoms with Crippen LogP contribution in [0.3, 0.4) is 0 Å². The highest BCUT2D eigenvalue weighted by Crippen LogP contribution is 2.44. The summed E-state index contributed by atoms with van der Waals surface area (Å²) in [7, 11) is 1.98. The van der Waals surface area contributed by atoms with E-state index in [9.17, 15) is 0 Å². The maximum absolute atomic E-state index is 6.16. The van der Waals surface area contributed by atoms with Crippen LogP contribution in [0.15, 0.2) is 16.6 Å². The van der Waals surface area contributed by atoms with Crippen LogP contribution in [-0.4, -0.2) is 19.2 Å². The summed E-state index contributed by atoms with van der Waals surface area (Å²) in [6.07, 6.45) is 1.14. The van der Waals surface area contributed by atoms with Crippen LogP contribution in [0.5, 0.6) is 5.75 Å². The summed E-state index contributed by atoms with van der Waals surface area (Å²) >= 11 is 15.6. The van der Waals surface area contributed by atoms with E-state index in [0.717, 1.165) is 10.9 Å². The molecule has 1 aliphatic rings.